The van der Waals surface area contributed by atoms with Gasteiger partial charge >= 0.3 is 0 Å². The highest BCUT2D eigenvalue weighted by Crippen LogP contribution is 2.10. The third kappa shape index (κ3) is 3.28. The predicted octanol–water partition coefficient (Wildman–Crippen LogP) is 3.27. The lowest BCUT2D eigenvalue weighted by Gasteiger charge is -2.06. The minimum absolute atomic E-state index is 0.0813. The summed E-state index contributed by atoms with van der Waals surface area (Å²) in [7, 11) is 0. The molecule has 0 fully saturated rings. The van der Waals surface area contributed by atoms with Crippen LogP contribution in [-0.4, -0.2) is 21.8 Å². The molecule has 0 saturated heterocycles. The summed E-state index contributed by atoms with van der Waals surface area (Å²) in [5, 5.41) is 3.65. The van der Waals surface area contributed by atoms with Crippen LogP contribution in [0.2, 0.25) is 5.02 Å². The first kappa shape index (κ1) is 14.6. The van der Waals surface area contributed by atoms with Gasteiger partial charge in [0.05, 0.1) is 11.3 Å². The van der Waals surface area contributed by atoms with Crippen molar-refractivity contribution in [3.63, 3.8) is 0 Å². The Morgan fingerprint density at radius 2 is 1.95 bits per heavy atom. The van der Waals surface area contributed by atoms with E-state index in [2.05, 4.69) is 10.3 Å². The van der Waals surface area contributed by atoms with Crippen LogP contribution in [0.25, 0.3) is 5.65 Å². The van der Waals surface area contributed by atoms with Crippen LogP contribution in [0.4, 0.5) is 0 Å². The molecule has 1 N–H and O–H groups in total. The third-order valence-electron chi connectivity index (χ3n) is 3.45. The SMILES string of the molecule is Cc1cn2cc(C(=O)NCCc3ccc(Cl)cc3)ccc2n1. The summed E-state index contributed by atoms with van der Waals surface area (Å²) in [4.78, 5) is 16.5. The van der Waals surface area contributed by atoms with Crippen molar-refractivity contribution >= 4 is 23.2 Å². The summed E-state index contributed by atoms with van der Waals surface area (Å²) in [6, 6.07) is 11.3. The van der Waals surface area contributed by atoms with Gasteiger partial charge in [-0.15, -0.1) is 0 Å². The van der Waals surface area contributed by atoms with Gasteiger partial charge in [0.25, 0.3) is 5.91 Å². The monoisotopic (exact) mass is 313 g/mol. The molecule has 0 aliphatic rings. The molecule has 0 aliphatic heterocycles. The van der Waals surface area contributed by atoms with Gasteiger partial charge in [-0.3, -0.25) is 4.79 Å². The number of nitrogens with zero attached hydrogens (tertiary/aromatic N) is 2. The van der Waals surface area contributed by atoms with Crippen LogP contribution >= 0.6 is 11.6 Å². The average molecular weight is 314 g/mol. The molecule has 2 heterocycles. The maximum atomic E-state index is 12.2. The maximum absolute atomic E-state index is 12.2. The second-order valence-corrected chi connectivity index (χ2v) is 5.63. The molecule has 5 heteroatoms. The Morgan fingerprint density at radius 3 is 2.73 bits per heavy atom. The summed E-state index contributed by atoms with van der Waals surface area (Å²) in [6.07, 6.45) is 4.47. The molecule has 0 saturated carbocycles. The minimum Gasteiger partial charge on any atom is -0.352 e. The van der Waals surface area contributed by atoms with Crippen LogP contribution in [0.5, 0.6) is 0 Å². The number of rotatable bonds is 4. The number of pyridine rings is 1. The van der Waals surface area contributed by atoms with E-state index in [-0.39, 0.29) is 5.91 Å². The van der Waals surface area contributed by atoms with E-state index < -0.39 is 0 Å². The summed E-state index contributed by atoms with van der Waals surface area (Å²) in [5.74, 6) is -0.0813. The van der Waals surface area contributed by atoms with Crippen molar-refractivity contribution in [3.8, 4) is 0 Å². The van der Waals surface area contributed by atoms with Crippen LogP contribution < -0.4 is 5.32 Å². The van der Waals surface area contributed by atoms with Crippen molar-refractivity contribution in [2.24, 2.45) is 0 Å². The fraction of sp³-hybridized carbons (Fsp3) is 0.176. The number of carbonyl (C=O) groups is 1. The minimum atomic E-state index is -0.0813. The molecule has 1 aromatic carbocycles. The molecule has 0 spiro atoms. The first-order valence-electron chi connectivity index (χ1n) is 7.10. The highest BCUT2D eigenvalue weighted by molar-refractivity contribution is 6.30. The Hall–Kier alpha value is -2.33. The van der Waals surface area contributed by atoms with Gasteiger partial charge in [-0.1, -0.05) is 23.7 Å². The Kier molecular flexibility index (Phi) is 4.11. The molecule has 112 valence electrons. The number of fused-ring (bicyclic) bond motifs is 1. The summed E-state index contributed by atoms with van der Waals surface area (Å²) in [5.41, 5.74) is 3.54. The molecule has 4 nitrogen and oxygen atoms in total. The van der Waals surface area contributed by atoms with Gasteiger partial charge in [-0.05, 0) is 43.2 Å². The van der Waals surface area contributed by atoms with Gasteiger partial charge in [-0.2, -0.15) is 0 Å². The van der Waals surface area contributed by atoms with Crippen LogP contribution in [0.3, 0.4) is 0 Å². The zero-order valence-corrected chi connectivity index (χ0v) is 13.0. The third-order valence-corrected chi connectivity index (χ3v) is 3.70. The summed E-state index contributed by atoms with van der Waals surface area (Å²) >= 11 is 5.85. The Bertz CT molecular complexity index is 808. The fourth-order valence-electron chi connectivity index (χ4n) is 2.33. The standard InChI is InChI=1S/C17H16ClN3O/c1-12-10-21-11-14(4-7-16(21)20-12)17(22)19-9-8-13-2-5-15(18)6-3-13/h2-7,10-11H,8-9H2,1H3,(H,19,22). The highest BCUT2D eigenvalue weighted by Gasteiger charge is 2.07. The summed E-state index contributed by atoms with van der Waals surface area (Å²) in [6.45, 7) is 2.51. The van der Waals surface area contributed by atoms with E-state index in [0.29, 0.717) is 12.1 Å². The largest absolute Gasteiger partial charge is 0.352 e. The van der Waals surface area contributed by atoms with Gasteiger partial charge in [0.1, 0.15) is 5.65 Å². The lowest BCUT2D eigenvalue weighted by atomic mass is 10.1. The lowest BCUT2D eigenvalue weighted by Crippen LogP contribution is -2.25. The number of halogens is 1. The quantitative estimate of drug-likeness (QED) is 0.803. The molecule has 3 aromatic rings. The van der Waals surface area contributed by atoms with E-state index in [1.54, 1.807) is 12.3 Å². The second-order valence-electron chi connectivity index (χ2n) is 5.20. The molecule has 1 amide bonds. The van der Waals surface area contributed by atoms with Crippen molar-refractivity contribution in [2.45, 2.75) is 13.3 Å². The van der Waals surface area contributed by atoms with Gasteiger partial charge in [-0.25, -0.2) is 4.98 Å². The zero-order chi connectivity index (χ0) is 15.5. The van der Waals surface area contributed by atoms with E-state index >= 15 is 0 Å². The molecule has 3 rings (SSSR count). The molecule has 0 atom stereocenters. The normalized spacial score (nSPS) is 10.8. The van der Waals surface area contributed by atoms with Gasteiger partial charge < -0.3 is 9.72 Å². The number of hydrogen-bond acceptors (Lipinski definition) is 2. The smallest absolute Gasteiger partial charge is 0.252 e. The van der Waals surface area contributed by atoms with E-state index in [1.165, 1.54) is 0 Å². The number of hydrogen-bond donors (Lipinski definition) is 1. The molecule has 2 aromatic heterocycles. The highest BCUT2D eigenvalue weighted by atomic mass is 35.5. The van der Waals surface area contributed by atoms with E-state index in [1.807, 2.05) is 47.9 Å². The molecule has 0 aliphatic carbocycles. The first-order chi connectivity index (χ1) is 10.6. The van der Waals surface area contributed by atoms with Crippen molar-refractivity contribution in [1.82, 2.24) is 14.7 Å². The van der Waals surface area contributed by atoms with Crippen molar-refractivity contribution < 1.29 is 4.79 Å². The average Bonchev–Trinajstić information content (AvgIpc) is 2.88. The van der Waals surface area contributed by atoms with Crippen molar-refractivity contribution in [2.75, 3.05) is 6.54 Å². The van der Waals surface area contributed by atoms with Crippen LogP contribution in [0, 0.1) is 6.92 Å². The van der Waals surface area contributed by atoms with E-state index in [9.17, 15) is 4.79 Å². The van der Waals surface area contributed by atoms with Gasteiger partial charge in [0.15, 0.2) is 0 Å². The second kappa shape index (κ2) is 6.20. The predicted molar refractivity (Wildman–Crippen MR) is 87.4 cm³/mol. The topological polar surface area (TPSA) is 46.4 Å². The van der Waals surface area contributed by atoms with Gasteiger partial charge in [0, 0.05) is 24.0 Å². The Balaban J connectivity index is 1.61. The summed E-state index contributed by atoms with van der Waals surface area (Å²) < 4.78 is 1.86. The van der Waals surface area contributed by atoms with Crippen molar-refractivity contribution in [1.29, 1.82) is 0 Å². The Morgan fingerprint density at radius 1 is 1.18 bits per heavy atom. The van der Waals surface area contributed by atoms with Crippen LogP contribution in [-0.2, 0) is 6.42 Å². The Labute approximate surface area is 133 Å². The molecular weight excluding hydrogens is 298 g/mol. The number of nitrogens with one attached hydrogen (secondary N) is 1. The van der Waals surface area contributed by atoms with E-state index in [0.717, 1.165) is 28.3 Å². The van der Waals surface area contributed by atoms with Crippen LogP contribution in [0.15, 0.2) is 48.8 Å². The van der Waals surface area contributed by atoms with Gasteiger partial charge in [0.2, 0.25) is 0 Å². The number of benzene rings is 1. The van der Waals surface area contributed by atoms with Crippen molar-refractivity contribution in [3.05, 3.63) is 70.6 Å². The number of amides is 1. The lowest BCUT2D eigenvalue weighted by molar-refractivity contribution is 0.0953. The molecular formula is C17H16ClN3O. The maximum Gasteiger partial charge on any atom is 0.252 e. The molecule has 0 bridgehead atoms. The fourth-order valence-corrected chi connectivity index (χ4v) is 2.45. The zero-order valence-electron chi connectivity index (χ0n) is 12.2. The number of aromatic nitrogens is 2. The van der Waals surface area contributed by atoms with E-state index in [4.69, 9.17) is 11.6 Å². The van der Waals surface area contributed by atoms with Crippen LogP contribution in [0.1, 0.15) is 21.6 Å². The number of carbonyl (C=O) groups excluding carboxylic acids is 1. The molecule has 0 radical (unpaired) electrons. The number of aryl methyl sites for hydroxylation is 1. The molecule has 0 unspecified atom stereocenters. The molecule has 22 heavy (non-hydrogen) atoms. The number of imidazole rings is 1. The first-order valence-corrected chi connectivity index (χ1v) is 7.47.